The molecular weight excluding hydrogens is 364 g/mol. The lowest BCUT2D eigenvalue weighted by atomic mass is 10.1. The van der Waals surface area contributed by atoms with Gasteiger partial charge in [-0.25, -0.2) is 9.97 Å². The summed E-state index contributed by atoms with van der Waals surface area (Å²) in [6, 6.07) is 18.0. The highest BCUT2D eigenvalue weighted by Gasteiger charge is 2.28. The Bertz CT molecular complexity index is 1030. The molecule has 6 nitrogen and oxygen atoms in total. The molecule has 1 unspecified atom stereocenters. The first-order valence-corrected chi connectivity index (χ1v) is 9.69. The summed E-state index contributed by atoms with van der Waals surface area (Å²) in [7, 11) is 1.63. The van der Waals surface area contributed by atoms with E-state index in [-0.39, 0.29) is 11.9 Å². The molecule has 1 aliphatic rings. The van der Waals surface area contributed by atoms with Gasteiger partial charge in [-0.1, -0.05) is 30.3 Å². The van der Waals surface area contributed by atoms with Gasteiger partial charge in [-0.3, -0.25) is 4.79 Å². The van der Waals surface area contributed by atoms with Crippen molar-refractivity contribution in [2.45, 2.75) is 32.9 Å². The number of hydrogen-bond donors (Lipinski definition) is 1. The fourth-order valence-corrected chi connectivity index (χ4v) is 3.72. The van der Waals surface area contributed by atoms with E-state index in [9.17, 15) is 4.79 Å². The number of carbonyl (C=O) groups is 1. The van der Waals surface area contributed by atoms with Gasteiger partial charge in [0.15, 0.2) is 0 Å². The van der Waals surface area contributed by atoms with E-state index in [1.807, 2.05) is 37.3 Å². The van der Waals surface area contributed by atoms with Crippen LogP contribution >= 0.6 is 0 Å². The average molecular weight is 388 g/mol. The lowest BCUT2D eigenvalue weighted by molar-refractivity contribution is 0.0945. The van der Waals surface area contributed by atoms with Crippen LogP contribution in [-0.4, -0.2) is 29.0 Å². The van der Waals surface area contributed by atoms with Crippen LogP contribution in [0.25, 0.3) is 0 Å². The predicted octanol–water partition coefficient (Wildman–Crippen LogP) is 3.81. The van der Waals surface area contributed by atoms with E-state index in [0.29, 0.717) is 18.1 Å². The molecule has 0 spiro atoms. The average Bonchev–Trinajstić information content (AvgIpc) is 3.07. The molecule has 0 saturated heterocycles. The molecule has 1 amide bonds. The Morgan fingerprint density at radius 3 is 2.69 bits per heavy atom. The van der Waals surface area contributed by atoms with E-state index in [2.05, 4.69) is 45.3 Å². The first-order valence-electron chi connectivity index (χ1n) is 9.69. The van der Waals surface area contributed by atoms with Crippen LogP contribution in [-0.2, 0) is 13.0 Å². The van der Waals surface area contributed by atoms with Crippen LogP contribution in [0.1, 0.15) is 34.4 Å². The van der Waals surface area contributed by atoms with E-state index in [0.717, 1.165) is 29.2 Å². The summed E-state index contributed by atoms with van der Waals surface area (Å²) in [5.74, 6) is 1.90. The van der Waals surface area contributed by atoms with E-state index < -0.39 is 0 Å². The molecule has 148 valence electrons. The number of ether oxygens (including phenoxy) is 1. The molecule has 3 aromatic rings. The number of benzene rings is 2. The van der Waals surface area contributed by atoms with E-state index >= 15 is 0 Å². The number of aryl methyl sites for hydroxylation is 1. The Kier molecular flexibility index (Phi) is 5.16. The molecule has 1 N–H and O–H groups in total. The molecule has 0 bridgehead atoms. The van der Waals surface area contributed by atoms with E-state index in [4.69, 9.17) is 4.74 Å². The normalized spacial score (nSPS) is 15.1. The zero-order valence-electron chi connectivity index (χ0n) is 16.8. The second-order valence-corrected chi connectivity index (χ2v) is 7.24. The van der Waals surface area contributed by atoms with Gasteiger partial charge in [0.2, 0.25) is 0 Å². The minimum atomic E-state index is -0.215. The molecule has 1 aliphatic heterocycles. The molecule has 1 aromatic heterocycles. The van der Waals surface area contributed by atoms with Crippen molar-refractivity contribution in [3.05, 3.63) is 77.2 Å². The Balaban J connectivity index is 1.54. The fraction of sp³-hybridized carbons (Fsp3) is 0.261. The number of aromatic nitrogens is 2. The van der Waals surface area contributed by atoms with Gasteiger partial charge in [0, 0.05) is 24.3 Å². The maximum atomic E-state index is 12.7. The van der Waals surface area contributed by atoms with Crippen LogP contribution in [0.5, 0.6) is 5.75 Å². The molecule has 6 heteroatoms. The topological polar surface area (TPSA) is 67.3 Å². The second-order valence-electron chi connectivity index (χ2n) is 7.24. The Morgan fingerprint density at radius 1 is 1.17 bits per heavy atom. The van der Waals surface area contributed by atoms with Gasteiger partial charge in [-0.15, -0.1) is 0 Å². The molecule has 0 radical (unpaired) electrons. The molecule has 2 aromatic carbocycles. The first-order chi connectivity index (χ1) is 14.0. The quantitative estimate of drug-likeness (QED) is 0.720. The summed E-state index contributed by atoms with van der Waals surface area (Å²) >= 11 is 0. The number of para-hydroxylation sites is 1. The van der Waals surface area contributed by atoms with Gasteiger partial charge in [0.05, 0.1) is 7.11 Å². The van der Waals surface area contributed by atoms with Gasteiger partial charge in [0.1, 0.15) is 23.1 Å². The highest BCUT2D eigenvalue weighted by Crippen LogP contribution is 2.37. The zero-order chi connectivity index (χ0) is 20.4. The number of methoxy groups -OCH3 is 1. The molecule has 0 fully saturated rings. The Hall–Kier alpha value is -3.41. The molecule has 0 aliphatic carbocycles. The second kappa shape index (κ2) is 7.91. The van der Waals surface area contributed by atoms with E-state index in [1.165, 1.54) is 5.56 Å². The summed E-state index contributed by atoms with van der Waals surface area (Å²) in [6.45, 7) is 4.40. The van der Waals surface area contributed by atoms with Gasteiger partial charge < -0.3 is 15.0 Å². The minimum Gasteiger partial charge on any atom is -0.497 e. The summed E-state index contributed by atoms with van der Waals surface area (Å²) < 4.78 is 5.16. The first kappa shape index (κ1) is 18.9. The van der Waals surface area contributed by atoms with Crippen molar-refractivity contribution >= 4 is 17.4 Å². The highest BCUT2D eigenvalue weighted by molar-refractivity contribution is 5.93. The standard InChI is InChI=1S/C23H24N4O2/c1-15-12-18-6-4-5-7-21(18)27(15)22-13-20(25-16(2)26-22)23(28)24-14-17-8-10-19(29-3)11-9-17/h4-11,13,15H,12,14H2,1-3H3,(H,24,28). The molecule has 4 rings (SSSR count). The van der Waals surface area contributed by atoms with E-state index in [1.54, 1.807) is 13.2 Å². The number of nitrogens with zero attached hydrogens (tertiary/aromatic N) is 3. The summed E-state index contributed by atoms with van der Waals surface area (Å²) in [6.07, 6.45) is 0.957. The number of anilines is 2. The van der Waals surface area contributed by atoms with Crippen molar-refractivity contribution in [3.8, 4) is 5.75 Å². The minimum absolute atomic E-state index is 0.215. The number of amides is 1. The van der Waals surface area contributed by atoms with Gasteiger partial charge >= 0.3 is 0 Å². The third-order valence-corrected chi connectivity index (χ3v) is 5.12. The fourth-order valence-electron chi connectivity index (χ4n) is 3.72. The van der Waals surface area contributed by atoms with Gasteiger partial charge in [-0.05, 0) is 49.6 Å². The smallest absolute Gasteiger partial charge is 0.270 e. The number of fused-ring (bicyclic) bond motifs is 1. The lowest BCUT2D eigenvalue weighted by Gasteiger charge is -2.24. The number of hydrogen-bond acceptors (Lipinski definition) is 5. The molecule has 1 atom stereocenters. The van der Waals surface area contributed by atoms with Crippen molar-refractivity contribution in [1.82, 2.24) is 15.3 Å². The van der Waals surface area contributed by atoms with Gasteiger partial charge in [-0.2, -0.15) is 0 Å². The Morgan fingerprint density at radius 2 is 1.93 bits per heavy atom. The van der Waals surface area contributed by atoms with Crippen molar-refractivity contribution in [2.24, 2.45) is 0 Å². The third-order valence-electron chi connectivity index (χ3n) is 5.12. The number of nitrogens with one attached hydrogen (secondary N) is 1. The van der Waals surface area contributed by atoms with Crippen molar-refractivity contribution in [3.63, 3.8) is 0 Å². The van der Waals surface area contributed by atoms with Crippen molar-refractivity contribution in [1.29, 1.82) is 0 Å². The monoisotopic (exact) mass is 388 g/mol. The van der Waals surface area contributed by atoms with Gasteiger partial charge in [0.25, 0.3) is 5.91 Å². The highest BCUT2D eigenvalue weighted by atomic mass is 16.5. The Labute approximate surface area is 170 Å². The summed E-state index contributed by atoms with van der Waals surface area (Å²) in [5, 5.41) is 2.94. The summed E-state index contributed by atoms with van der Waals surface area (Å²) in [4.78, 5) is 23.9. The third kappa shape index (κ3) is 3.92. The van der Waals surface area contributed by atoms with Crippen LogP contribution in [0, 0.1) is 6.92 Å². The lowest BCUT2D eigenvalue weighted by Crippen LogP contribution is -2.28. The van der Waals surface area contributed by atoms with Crippen molar-refractivity contribution in [2.75, 3.05) is 12.0 Å². The molecule has 29 heavy (non-hydrogen) atoms. The maximum absolute atomic E-state index is 12.7. The zero-order valence-corrected chi connectivity index (χ0v) is 16.8. The number of rotatable bonds is 5. The number of carbonyl (C=O) groups excluding carboxylic acids is 1. The SMILES string of the molecule is COc1ccc(CNC(=O)c2cc(N3c4ccccc4CC3C)nc(C)n2)cc1. The molecule has 0 saturated carbocycles. The van der Waals surface area contributed by atoms with Crippen molar-refractivity contribution < 1.29 is 9.53 Å². The van der Waals surface area contributed by atoms with Crippen LogP contribution < -0.4 is 15.0 Å². The molecular formula is C23H24N4O2. The van der Waals surface area contributed by atoms with Crippen LogP contribution in [0.3, 0.4) is 0 Å². The van der Waals surface area contributed by atoms with Crippen LogP contribution in [0.4, 0.5) is 11.5 Å². The predicted molar refractivity (Wildman–Crippen MR) is 113 cm³/mol. The summed E-state index contributed by atoms with van der Waals surface area (Å²) in [5.41, 5.74) is 3.80. The largest absolute Gasteiger partial charge is 0.497 e. The van der Waals surface area contributed by atoms with Crippen LogP contribution in [0.2, 0.25) is 0 Å². The molecule has 2 heterocycles. The maximum Gasteiger partial charge on any atom is 0.270 e. The van der Waals surface area contributed by atoms with Crippen LogP contribution in [0.15, 0.2) is 54.6 Å².